The molecule has 4 nitrogen and oxygen atoms in total. The molecule has 1 atom stereocenters. The number of aryl methyl sites for hydroxylation is 2. The van der Waals surface area contributed by atoms with Crippen molar-refractivity contribution in [1.82, 2.24) is 15.2 Å². The third-order valence-corrected chi connectivity index (χ3v) is 6.02. The van der Waals surface area contributed by atoms with E-state index in [-0.39, 0.29) is 0 Å². The van der Waals surface area contributed by atoms with Gasteiger partial charge in [-0.2, -0.15) is 11.8 Å². The van der Waals surface area contributed by atoms with E-state index in [0.29, 0.717) is 0 Å². The monoisotopic (exact) mass is 312 g/mol. The fraction of sp³-hybridized carbons (Fsp3) is 0.714. The number of nitrogens with one attached hydrogen (secondary N) is 1. The Morgan fingerprint density at radius 3 is 2.90 bits per heavy atom. The zero-order valence-electron chi connectivity index (χ0n) is 12.8. The molecule has 1 aliphatic rings. The topological polar surface area (TPSA) is 40.5 Å². The molecule has 0 saturated carbocycles. The molecule has 0 radical (unpaired) electrons. The molecular formula is C14H24N4S2. The van der Waals surface area contributed by atoms with Crippen LogP contribution in [0.4, 0.5) is 0 Å². The van der Waals surface area contributed by atoms with E-state index in [9.17, 15) is 0 Å². The maximum Gasteiger partial charge on any atom is 0.194 e. The molecule has 1 aromatic rings. The van der Waals surface area contributed by atoms with Gasteiger partial charge in [-0.25, -0.2) is 4.98 Å². The number of aromatic nitrogens is 1. The van der Waals surface area contributed by atoms with E-state index in [0.717, 1.165) is 41.5 Å². The third kappa shape index (κ3) is 3.88. The van der Waals surface area contributed by atoms with Gasteiger partial charge in [-0.1, -0.05) is 6.92 Å². The van der Waals surface area contributed by atoms with Gasteiger partial charge in [0.1, 0.15) is 5.01 Å². The third-order valence-electron chi connectivity index (χ3n) is 3.58. The average molecular weight is 313 g/mol. The van der Waals surface area contributed by atoms with Crippen LogP contribution in [0.15, 0.2) is 4.99 Å². The molecule has 1 unspecified atom stereocenters. The first-order valence-corrected chi connectivity index (χ1v) is 9.00. The number of hydrogen-bond acceptors (Lipinski definition) is 4. The predicted octanol–water partition coefficient (Wildman–Crippen LogP) is 2.66. The zero-order valence-corrected chi connectivity index (χ0v) is 14.4. The average Bonchev–Trinajstić information content (AvgIpc) is 2.78. The lowest BCUT2D eigenvalue weighted by Gasteiger charge is -2.34. The molecule has 112 valence electrons. The van der Waals surface area contributed by atoms with Crippen LogP contribution in [0.25, 0.3) is 0 Å². The summed E-state index contributed by atoms with van der Waals surface area (Å²) in [5, 5.41) is 5.32. The second-order valence-electron chi connectivity index (χ2n) is 5.00. The van der Waals surface area contributed by atoms with Crippen LogP contribution in [0, 0.1) is 13.8 Å². The van der Waals surface area contributed by atoms with E-state index < -0.39 is 0 Å². The molecule has 0 spiro atoms. The zero-order chi connectivity index (χ0) is 14.5. The normalized spacial score (nSPS) is 20.3. The Morgan fingerprint density at radius 1 is 1.50 bits per heavy atom. The summed E-state index contributed by atoms with van der Waals surface area (Å²) in [6.07, 6.45) is 1.23. The highest BCUT2D eigenvalue weighted by Gasteiger charge is 2.21. The molecular weight excluding hydrogens is 288 g/mol. The molecule has 2 heterocycles. The Hall–Kier alpha value is -0.750. The molecule has 0 aromatic carbocycles. The van der Waals surface area contributed by atoms with Gasteiger partial charge in [-0.05, 0) is 20.3 Å². The molecule has 1 aromatic heterocycles. The van der Waals surface area contributed by atoms with Crippen LogP contribution in [-0.2, 0) is 6.54 Å². The minimum Gasteiger partial charge on any atom is -0.350 e. The second kappa shape index (κ2) is 7.31. The molecule has 1 saturated heterocycles. The van der Waals surface area contributed by atoms with Gasteiger partial charge in [0.15, 0.2) is 5.96 Å². The number of nitrogens with zero attached hydrogens (tertiary/aromatic N) is 3. The molecule has 0 amide bonds. The van der Waals surface area contributed by atoms with Gasteiger partial charge in [-0.15, -0.1) is 11.3 Å². The minimum absolute atomic E-state index is 0.728. The molecule has 1 fully saturated rings. The quantitative estimate of drug-likeness (QED) is 0.688. The maximum absolute atomic E-state index is 4.57. The van der Waals surface area contributed by atoms with E-state index in [2.05, 4.69) is 52.7 Å². The summed E-state index contributed by atoms with van der Waals surface area (Å²) in [6.45, 7) is 9.40. The Labute approximate surface area is 130 Å². The van der Waals surface area contributed by atoms with E-state index in [4.69, 9.17) is 0 Å². The Morgan fingerprint density at radius 2 is 2.30 bits per heavy atom. The number of thiazole rings is 1. The predicted molar refractivity (Wildman–Crippen MR) is 89.9 cm³/mol. The van der Waals surface area contributed by atoms with Crippen LogP contribution in [0.3, 0.4) is 0 Å². The first-order chi connectivity index (χ1) is 9.63. The van der Waals surface area contributed by atoms with Crippen molar-refractivity contribution < 1.29 is 0 Å². The highest BCUT2D eigenvalue weighted by Crippen LogP contribution is 2.21. The lowest BCUT2D eigenvalue weighted by Crippen LogP contribution is -2.47. The van der Waals surface area contributed by atoms with Crippen molar-refractivity contribution in [3.05, 3.63) is 15.6 Å². The smallest absolute Gasteiger partial charge is 0.194 e. The van der Waals surface area contributed by atoms with Gasteiger partial charge in [-0.3, -0.25) is 4.99 Å². The van der Waals surface area contributed by atoms with Gasteiger partial charge < -0.3 is 10.2 Å². The summed E-state index contributed by atoms with van der Waals surface area (Å²) in [6, 6.07) is 0. The van der Waals surface area contributed by atoms with E-state index in [1.54, 1.807) is 11.3 Å². The molecule has 1 aliphatic heterocycles. The molecule has 20 heavy (non-hydrogen) atoms. The van der Waals surface area contributed by atoms with Crippen LogP contribution >= 0.6 is 23.1 Å². The van der Waals surface area contributed by atoms with Gasteiger partial charge >= 0.3 is 0 Å². The summed E-state index contributed by atoms with van der Waals surface area (Å²) >= 11 is 3.85. The minimum atomic E-state index is 0.728. The molecule has 2 rings (SSSR count). The Bertz CT molecular complexity index is 450. The molecule has 0 aliphatic carbocycles. The van der Waals surface area contributed by atoms with Crippen molar-refractivity contribution in [1.29, 1.82) is 0 Å². The van der Waals surface area contributed by atoms with Crippen LogP contribution in [0.2, 0.25) is 0 Å². The van der Waals surface area contributed by atoms with Crippen molar-refractivity contribution in [2.75, 3.05) is 25.9 Å². The van der Waals surface area contributed by atoms with Gasteiger partial charge in [0.2, 0.25) is 0 Å². The van der Waals surface area contributed by atoms with E-state index >= 15 is 0 Å². The SMILES string of the molecule is CCC1CN(C(=NC)NCc2nc(C)c(C)s2)CCS1. The summed E-state index contributed by atoms with van der Waals surface area (Å²) in [5.74, 6) is 2.20. The van der Waals surface area contributed by atoms with Crippen LogP contribution in [-0.4, -0.2) is 47.0 Å². The van der Waals surface area contributed by atoms with Crippen LogP contribution in [0.1, 0.15) is 28.9 Å². The summed E-state index contributed by atoms with van der Waals surface area (Å²) in [4.78, 5) is 12.7. The Kier molecular flexibility index (Phi) is 5.72. The number of guanidine groups is 1. The fourth-order valence-corrected chi connectivity index (χ4v) is 4.31. The first-order valence-electron chi connectivity index (χ1n) is 7.14. The first kappa shape index (κ1) is 15.6. The summed E-state index contributed by atoms with van der Waals surface area (Å²) in [7, 11) is 1.86. The highest BCUT2D eigenvalue weighted by molar-refractivity contribution is 8.00. The van der Waals surface area contributed by atoms with E-state index in [1.807, 2.05) is 7.05 Å². The Balaban J connectivity index is 1.92. The fourth-order valence-electron chi connectivity index (χ4n) is 2.26. The number of thioether (sulfide) groups is 1. The van der Waals surface area contributed by atoms with Crippen molar-refractivity contribution in [2.24, 2.45) is 4.99 Å². The highest BCUT2D eigenvalue weighted by atomic mass is 32.2. The van der Waals surface area contributed by atoms with Crippen molar-refractivity contribution in [3.8, 4) is 0 Å². The number of rotatable bonds is 3. The summed E-state index contributed by atoms with van der Waals surface area (Å²) in [5.41, 5.74) is 1.14. The molecule has 0 bridgehead atoms. The maximum atomic E-state index is 4.57. The van der Waals surface area contributed by atoms with Crippen LogP contribution in [0.5, 0.6) is 0 Å². The van der Waals surface area contributed by atoms with E-state index in [1.165, 1.54) is 17.1 Å². The standard InChI is InChI=1S/C14H24N4S2/c1-5-12-9-18(6-7-19-12)14(15-4)16-8-13-17-10(2)11(3)20-13/h12H,5-9H2,1-4H3,(H,15,16). The lowest BCUT2D eigenvalue weighted by molar-refractivity contribution is 0.408. The molecule has 1 N–H and O–H groups in total. The van der Waals surface area contributed by atoms with Crippen molar-refractivity contribution in [2.45, 2.75) is 39.0 Å². The lowest BCUT2D eigenvalue weighted by atomic mass is 10.3. The van der Waals surface area contributed by atoms with Crippen molar-refractivity contribution in [3.63, 3.8) is 0 Å². The second-order valence-corrected chi connectivity index (χ2v) is 7.69. The molecule has 6 heteroatoms. The van der Waals surface area contributed by atoms with Gasteiger partial charge in [0.05, 0.1) is 12.2 Å². The van der Waals surface area contributed by atoms with Crippen LogP contribution < -0.4 is 5.32 Å². The largest absolute Gasteiger partial charge is 0.350 e. The summed E-state index contributed by atoms with van der Waals surface area (Å²) < 4.78 is 0. The van der Waals surface area contributed by atoms with Gasteiger partial charge in [0, 0.05) is 36.0 Å². The van der Waals surface area contributed by atoms with Gasteiger partial charge in [0.25, 0.3) is 0 Å². The van der Waals surface area contributed by atoms with Crippen molar-refractivity contribution >= 4 is 29.1 Å². The number of aliphatic imine (C=N–C) groups is 1. The number of hydrogen-bond donors (Lipinski definition) is 1.